The molecule has 0 saturated carbocycles. The second-order valence-electron chi connectivity index (χ2n) is 5.48. The maximum absolute atomic E-state index is 12.4. The van der Waals surface area contributed by atoms with Gasteiger partial charge >= 0.3 is 11.9 Å². The highest BCUT2D eigenvalue weighted by atomic mass is 16.5. The van der Waals surface area contributed by atoms with Gasteiger partial charge in [0.05, 0.1) is 30.8 Å². The van der Waals surface area contributed by atoms with Gasteiger partial charge in [-0.1, -0.05) is 30.0 Å². The highest BCUT2D eigenvalue weighted by Crippen LogP contribution is 2.31. The Hall–Kier alpha value is -3.00. The number of ether oxygens (including phenoxy) is 2. The van der Waals surface area contributed by atoms with Crippen LogP contribution in [0.25, 0.3) is 0 Å². The molecule has 0 saturated heterocycles. The van der Waals surface area contributed by atoms with E-state index in [4.69, 9.17) is 9.47 Å². The zero-order chi connectivity index (χ0) is 18.4. The van der Waals surface area contributed by atoms with E-state index in [0.29, 0.717) is 22.5 Å². The first kappa shape index (κ1) is 18.3. The second kappa shape index (κ2) is 8.20. The summed E-state index contributed by atoms with van der Waals surface area (Å²) < 4.78 is 10.0. The largest absolute Gasteiger partial charge is 0.466 e. The molecule has 0 aliphatic carbocycles. The lowest BCUT2D eigenvalue weighted by Gasteiger charge is -2.26. The van der Waals surface area contributed by atoms with Crippen LogP contribution in [0.3, 0.4) is 0 Å². The Labute approximate surface area is 147 Å². The molecule has 25 heavy (non-hydrogen) atoms. The zero-order valence-corrected chi connectivity index (χ0v) is 14.8. The van der Waals surface area contributed by atoms with Crippen molar-refractivity contribution in [1.29, 1.82) is 0 Å². The van der Waals surface area contributed by atoms with Crippen molar-refractivity contribution in [2.75, 3.05) is 13.7 Å². The average molecular weight is 339 g/mol. The fourth-order valence-electron chi connectivity index (χ4n) is 2.68. The number of dihydropyridines is 1. The van der Waals surface area contributed by atoms with Gasteiger partial charge < -0.3 is 14.8 Å². The summed E-state index contributed by atoms with van der Waals surface area (Å²) in [6, 6.07) is 9.38. The van der Waals surface area contributed by atoms with Crippen molar-refractivity contribution in [3.05, 3.63) is 58.4 Å². The van der Waals surface area contributed by atoms with Crippen LogP contribution in [0.15, 0.2) is 52.9 Å². The first-order chi connectivity index (χ1) is 12.0. The quantitative estimate of drug-likeness (QED) is 0.677. The Bertz CT molecular complexity index is 794. The summed E-state index contributed by atoms with van der Waals surface area (Å²) in [6.07, 6.45) is 0. The van der Waals surface area contributed by atoms with Crippen LogP contribution in [0.4, 0.5) is 0 Å². The van der Waals surface area contributed by atoms with Crippen LogP contribution in [-0.2, 0) is 19.1 Å². The Kier molecular flexibility index (Phi) is 6.02. The third-order valence-corrected chi connectivity index (χ3v) is 3.80. The van der Waals surface area contributed by atoms with Gasteiger partial charge in [0.15, 0.2) is 0 Å². The molecule has 5 heteroatoms. The molecule has 1 aromatic carbocycles. The second-order valence-corrected chi connectivity index (χ2v) is 5.48. The summed E-state index contributed by atoms with van der Waals surface area (Å²) >= 11 is 0. The molecule has 1 aliphatic rings. The number of methoxy groups -OCH3 is 1. The number of carbonyl (C=O) groups excluding carboxylic acids is 2. The normalized spacial score (nSPS) is 16.6. The lowest BCUT2D eigenvalue weighted by atomic mass is 9.85. The summed E-state index contributed by atoms with van der Waals surface area (Å²) in [5.41, 5.74) is 2.68. The Morgan fingerprint density at radius 2 is 1.68 bits per heavy atom. The molecule has 1 aliphatic heterocycles. The number of nitrogens with one attached hydrogen (secondary N) is 1. The third-order valence-electron chi connectivity index (χ3n) is 3.80. The minimum Gasteiger partial charge on any atom is -0.466 e. The van der Waals surface area contributed by atoms with Crippen LogP contribution in [0.5, 0.6) is 0 Å². The van der Waals surface area contributed by atoms with E-state index in [1.54, 1.807) is 20.8 Å². The van der Waals surface area contributed by atoms with E-state index < -0.39 is 17.9 Å². The first-order valence-corrected chi connectivity index (χ1v) is 8.00. The lowest BCUT2D eigenvalue weighted by Crippen LogP contribution is -2.32. The summed E-state index contributed by atoms with van der Waals surface area (Å²) in [7, 11) is 1.31. The molecule has 0 radical (unpaired) electrons. The number of rotatable bonds is 3. The fraction of sp³-hybridized carbons (Fsp3) is 0.300. The highest BCUT2D eigenvalue weighted by Gasteiger charge is 2.35. The van der Waals surface area contributed by atoms with Crippen molar-refractivity contribution in [1.82, 2.24) is 5.32 Å². The van der Waals surface area contributed by atoms with Gasteiger partial charge in [-0.05, 0) is 32.9 Å². The molecular formula is C20H21NO4. The highest BCUT2D eigenvalue weighted by molar-refractivity contribution is 5.98. The lowest BCUT2D eigenvalue weighted by molar-refractivity contribution is -0.139. The molecule has 0 bridgehead atoms. The number of benzene rings is 1. The predicted molar refractivity (Wildman–Crippen MR) is 94.0 cm³/mol. The number of hydrogen-bond acceptors (Lipinski definition) is 5. The molecular weight excluding hydrogens is 318 g/mol. The molecule has 1 heterocycles. The monoisotopic (exact) mass is 339 g/mol. The smallest absolute Gasteiger partial charge is 0.337 e. The number of hydrogen-bond donors (Lipinski definition) is 1. The molecule has 1 atom stereocenters. The molecule has 1 aromatic rings. The SMILES string of the molecule is CCOC(=O)C1=C(C)NC(C)=C(C(=O)OC)[C@@H]1C#Cc1ccccc1. The van der Waals surface area contributed by atoms with Crippen LogP contribution >= 0.6 is 0 Å². The van der Waals surface area contributed by atoms with E-state index in [2.05, 4.69) is 17.2 Å². The number of esters is 2. The van der Waals surface area contributed by atoms with Gasteiger partial charge in [0.2, 0.25) is 0 Å². The molecule has 0 spiro atoms. The molecule has 5 nitrogen and oxygen atoms in total. The van der Waals surface area contributed by atoms with Gasteiger partial charge in [0.1, 0.15) is 0 Å². The van der Waals surface area contributed by atoms with Crippen molar-refractivity contribution in [3.63, 3.8) is 0 Å². The van der Waals surface area contributed by atoms with Crippen molar-refractivity contribution in [2.24, 2.45) is 5.92 Å². The van der Waals surface area contributed by atoms with Crippen LogP contribution in [-0.4, -0.2) is 25.7 Å². The van der Waals surface area contributed by atoms with Crippen molar-refractivity contribution in [3.8, 4) is 11.8 Å². The van der Waals surface area contributed by atoms with Crippen LogP contribution in [0.2, 0.25) is 0 Å². The van der Waals surface area contributed by atoms with Crippen molar-refractivity contribution < 1.29 is 19.1 Å². The van der Waals surface area contributed by atoms with E-state index in [-0.39, 0.29) is 6.61 Å². The van der Waals surface area contributed by atoms with Gasteiger partial charge in [0, 0.05) is 17.0 Å². The standard InChI is InChI=1S/C20H21NO4/c1-5-25-20(23)18-14(3)21-13(2)17(19(22)24-4)16(18)12-11-15-9-7-6-8-10-15/h6-10,16,21H,5H2,1-4H3/t16-/m0/s1. The maximum Gasteiger partial charge on any atom is 0.337 e. The van der Waals surface area contributed by atoms with Crippen LogP contribution < -0.4 is 5.32 Å². The van der Waals surface area contributed by atoms with E-state index in [9.17, 15) is 9.59 Å². The molecule has 2 rings (SSSR count). The summed E-state index contributed by atoms with van der Waals surface area (Å²) in [6.45, 7) is 5.50. The summed E-state index contributed by atoms with van der Waals surface area (Å²) in [4.78, 5) is 24.7. The molecule has 0 aromatic heterocycles. The average Bonchev–Trinajstić information content (AvgIpc) is 2.60. The zero-order valence-electron chi connectivity index (χ0n) is 14.8. The topological polar surface area (TPSA) is 64.6 Å². The van der Waals surface area contributed by atoms with Crippen LogP contribution in [0, 0.1) is 17.8 Å². The molecule has 130 valence electrons. The third kappa shape index (κ3) is 4.10. The first-order valence-electron chi connectivity index (χ1n) is 8.00. The minimum atomic E-state index is -0.715. The summed E-state index contributed by atoms with van der Waals surface area (Å²) in [5.74, 6) is 4.35. The van der Waals surface area contributed by atoms with Gasteiger partial charge in [-0.3, -0.25) is 0 Å². The van der Waals surface area contributed by atoms with Gasteiger partial charge in [0.25, 0.3) is 0 Å². The Morgan fingerprint density at radius 3 is 2.24 bits per heavy atom. The molecule has 0 amide bonds. The van der Waals surface area contributed by atoms with E-state index in [1.807, 2.05) is 30.3 Å². The van der Waals surface area contributed by atoms with E-state index in [0.717, 1.165) is 5.56 Å². The predicted octanol–water partition coefficient (Wildman–Crippen LogP) is 2.54. The van der Waals surface area contributed by atoms with Crippen LogP contribution in [0.1, 0.15) is 26.3 Å². The molecule has 1 N–H and O–H groups in total. The fourth-order valence-corrected chi connectivity index (χ4v) is 2.68. The Morgan fingerprint density at radius 1 is 1.08 bits per heavy atom. The number of carbonyl (C=O) groups is 2. The summed E-state index contributed by atoms with van der Waals surface area (Å²) in [5, 5.41) is 3.05. The van der Waals surface area contributed by atoms with Crippen molar-refractivity contribution in [2.45, 2.75) is 20.8 Å². The maximum atomic E-state index is 12.4. The minimum absolute atomic E-state index is 0.241. The molecule has 0 unspecified atom stereocenters. The molecule has 0 fully saturated rings. The Balaban J connectivity index is 2.54. The van der Waals surface area contributed by atoms with E-state index >= 15 is 0 Å². The number of allylic oxidation sites excluding steroid dienone is 2. The van der Waals surface area contributed by atoms with Crippen molar-refractivity contribution >= 4 is 11.9 Å². The van der Waals surface area contributed by atoms with Gasteiger partial charge in [-0.15, -0.1) is 0 Å². The van der Waals surface area contributed by atoms with E-state index in [1.165, 1.54) is 7.11 Å². The van der Waals surface area contributed by atoms with Gasteiger partial charge in [-0.2, -0.15) is 0 Å². The van der Waals surface area contributed by atoms with Gasteiger partial charge in [-0.25, -0.2) is 9.59 Å².